The fourth-order valence-corrected chi connectivity index (χ4v) is 2.05. The Bertz CT molecular complexity index is 590. The van der Waals surface area contributed by atoms with Gasteiger partial charge in [0.2, 0.25) is 0 Å². The van der Waals surface area contributed by atoms with Gasteiger partial charge in [0, 0.05) is 16.1 Å². The summed E-state index contributed by atoms with van der Waals surface area (Å²) in [5, 5.41) is 1.48. The van der Waals surface area contributed by atoms with Crippen molar-refractivity contribution in [2.24, 2.45) is 0 Å². The highest BCUT2D eigenvalue weighted by Crippen LogP contribution is 2.30. The minimum Gasteiger partial charge on any atom is -0.468 e. The molecule has 2 rings (SSSR count). The summed E-state index contributed by atoms with van der Waals surface area (Å²) in [5.41, 5.74) is 8.36. The van der Waals surface area contributed by atoms with Gasteiger partial charge in [0.05, 0.1) is 18.3 Å². The number of methoxy groups -OCH3 is 1. The molecule has 1 aromatic carbocycles. The summed E-state index contributed by atoms with van der Waals surface area (Å²) in [6.07, 6.45) is 0. The first-order valence-electron chi connectivity index (χ1n) is 5.15. The van der Waals surface area contributed by atoms with Crippen molar-refractivity contribution in [3.8, 4) is 0 Å². The zero-order valence-electron chi connectivity index (χ0n) is 9.66. The Hall–Kier alpha value is -1.68. The predicted octanol–water partition coefficient (Wildman–Crippen LogP) is 2.36. The van der Waals surface area contributed by atoms with E-state index < -0.39 is 0 Å². The molecule has 0 spiro atoms. The van der Waals surface area contributed by atoms with Gasteiger partial charge >= 0.3 is 5.97 Å². The Morgan fingerprint density at radius 2 is 2.24 bits per heavy atom. The van der Waals surface area contributed by atoms with Gasteiger partial charge in [0.1, 0.15) is 6.54 Å². The van der Waals surface area contributed by atoms with Crippen molar-refractivity contribution in [3.05, 3.63) is 28.9 Å². The van der Waals surface area contributed by atoms with Gasteiger partial charge in [-0.05, 0) is 25.1 Å². The first kappa shape index (κ1) is 11.8. The molecule has 0 amide bonds. The Labute approximate surface area is 104 Å². The van der Waals surface area contributed by atoms with E-state index in [2.05, 4.69) is 4.74 Å². The number of aromatic nitrogens is 1. The molecule has 17 heavy (non-hydrogen) atoms. The van der Waals surface area contributed by atoms with Crippen molar-refractivity contribution < 1.29 is 9.53 Å². The van der Waals surface area contributed by atoms with Crippen molar-refractivity contribution >= 4 is 34.2 Å². The van der Waals surface area contributed by atoms with E-state index in [-0.39, 0.29) is 12.5 Å². The third kappa shape index (κ3) is 1.96. The number of nitrogen functional groups attached to an aromatic ring is 1. The topological polar surface area (TPSA) is 57.2 Å². The highest BCUT2D eigenvalue weighted by atomic mass is 35.5. The van der Waals surface area contributed by atoms with Crippen molar-refractivity contribution in [1.82, 2.24) is 4.57 Å². The first-order chi connectivity index (χ1) is 8.04. The Morgan fingerprint density at radius 1 is 1.53 bits per heavy atom. The lowest BCUT2D eigenvalue weighted by Gasteiger charge is -2.06. The average molecular weight is 253 g/mol. The van der Waals surface area contributed by atoms with E-state index in [4.69, 9.17) is 17.3 Å². The molecule has 1 aromatic heterocycles. The largest absolute Gasteiger partial charge is 0.468 e. The maximum Gasteiger partial charge on any atom is 0.325 e. The number of nitrogens with two attached hydrogens (primary N) is 1. The lowest BCUT2D eigenvalue weighted by atomic mass is 10.2. The molecule has 4 nitrogen and oxygen atoms in total. The van der Waals surface area contributed by atoms with Crippen LogP contribution in [0, 0.1) is 6.92 Å². The molecular formula is C12H13ClN2O2. The quantitative estimate of drug-likeness (QED) is 0.835. The Morgan fingerprint density at radius 3 is 2.88 bits per heavy atom. The normalized spacial score (nSPS) is 10.8. The zero-order chi connectivity index (χ0) is 12.6. The number of halogens is 1. The van der Waals surface area contributed by atoms with E-state index in [0.717, 1.165) is 16.6 Å². The summed E-state index contributed by atoms with van der Waals surface area (Å²) in [5.74, 6) is -0.306. The van der Waals surface area contributed by atoms with Gasteiger partial charge in [-0.25, -0.2) is 0 Å². The predicted molar refractivity (Wildman–Crippen MR) is 68.1 cm³/mol. The Kier molecular flexibility index (Phi) is 2.98. The lowest BCUT2D eigenvalue weighted by Crippen LogP contribution is -2.12. The van der Waals surface area contributed by atoms with Gasteiger partial charge in [0.15, 0.2) is 0 Å². The average Bonchev–Trinajstić information content (AvgIpc) is 2.54. The highest BCUT2D eigenvalue weighted by Gasteiger charge is 2.14. The maximum absolute atomic E-state index is 11.3. The van der Waals surface area contributed by atoms with Crippen molar-refractivity contribution in [2.75, 3.05) is 12.8 Å². The van der Waals surface area contributed by atoms with E-state index in [1.165, 1.54) is 7.11 Å². The number of rotatable bonds is 2. The van der Waals surface area contributed by atoms with Crippen LogP contribution in [-0.2, 0) is 16.1 Å². The number of nitrogens with zero attached hydrogens (tertiary/aromatic N) is 1. The fraction of sp³-hybridized carbons (Fsp3) is 0.250. The number of benzene rings is 1. The van der Waals surface area contributed by atoms with Gasteiger partial charge in [-0.2, -0.15) is 0 Å². The van der Waals surface area contributed by atoms with Crippen LogP contribution in [0.4, 0.5) is 5.69 Å². The number of anilines is 1. The Balaban J connectivity index is 2.62. The molecule has 0 aliphatic carbocycles. The summed E-state index contributed by atoms with van der Waals surface area (Å²) in [4.78, 5) is 11.3. The molecule has 0 bridgehead atoms. The second kappa shape index (κ2) is 4.30. The monoisotopic (exact) mass is 252 g/mol. The summed E-state index contributed by atoms with van der Waals surface area (Å²) in [6, 6.07) is 5.42. The number of carbonyl (C=O) groups is 1. The highest BCUT2D eigenvalue weighted by molar-refractivity contribution is 6.31. The summed E-state index contributed by atoms with van der Waals surface area (Å²) in [6.45, 7) is 2.02. The maximum atomic E-state index is 11.3. The molecule has 0 saturated carbocycles. The molecule has 0 aliphatic heterocycles. The molecule has 2 aromatic rings. The van der Waals surface area contributed by atoms with Crippen LogP contribution in [0.15, 0.2) is 18.2 Å². The number of fused-ring (bicyclic) bond motifs is 1. The van der Waals surface area contributed by atoms with Crippen LogP contribution < -0.4 is 5.73 Å². The lowest BCUT2D eigenvalue weighted by molar-refractivity contribution is -0.141. The van der Waals surface area contributed by atoms with Crippen LogP contribution in [0.2, 0.25) is 5.02 Å². The fourth-order valence-electron chi connectivity index (χ4n) is 1.88. The number of ether oxygens (including phenoxy) is 1. The zero-order valence-corrected chi connectivity index (χ0v) is 10.4. The molecule has 0 aliphatic rings. The number of esters is 1. The van der Waals surface area contributed by atoms with Crippen LogP contribution in [-0.4, -0.2) is 17.6 Å². The van der Waals surface area contributed by atoms with Crippen LogP contribution in [0.1, 0.15) is 5.69 Å². The van der Waals surface area contributed by atoms with E-state index >= 15 is 0 Å². The number of hydrogen-bond donors (Lipinski definition) is 1. The third-order valence-electron chi connectivity index (χ3n) is 2.85. The summed E-state index contributed by atoms with van der Waals surface area (Å²) in [7, 11) is 1.36. The number of carbonyl (C=O) groups excluding carboxylic acids is 1. The molecule has 5 heteroatoms. The molecule has 0 unspecified atom stereocenters. The molecular weight excluding hydrogens is 240 g/mol. The molecule has 90 valence electrons. The molecule has 0 radical (unpaired) electrons. The SMILES string of the molecule is COC(=O)Cn1c(C)c(N)c2cc(Cl)ccc21. The summed E-state index contributed by atoms with van der Waals surface area (Å²) < 4.78 is 6.49. The van der Waals surface area contributed by atoms with Gasteiger partial charge in [-0.1, -0.05) is 11.6 Å². The van der Waals surface area contributed by atoms with Crippen LogP contribution in [0.3, 0.4) is 0 Å². The molecule has 1 heterocycles. The van der Waals surface area contributed by atoms with Crippen LogP contribution in [0.5, 0.6) is 0 Å². The van der Waals surface area contributed by atoms with E-state index in [9.17, 15) is 4.79 Å². The van der Waals surface area contributed by atoms with Crippen molar-refractivity contribution in [3.63, 3.8) is 0 Å². The van der Waals surface area contributed by atoms with Crippen molar-refractivity contribution in [1.29, 1.82) is 0 Å². The molecule has 0 fully saturated rings. The van der Waals surface area contributed by atoms with Gasteiger partial charge in [0.25, 0.3) is 0 Å². The van der Waals surface area contributed by atoms with Crippen LogP contribution in [0.25, 0.3) is 10.9 Å². The molecule has 0 saturated heterocycles. The minimum absolute atomic E-state index is 0.150. The third-order valence-corrected chi connectivity index (χ3v) is 3.08. The molecule has 2 N–H and O–H groups in total. The number of hydrogen-bond acceptors (Lipinski definition) is 3. The summed E-state index contributed by atoms with van der Waals surface area (Å²) >= 11 is 5.93. The minimum atomic E-state index is -0.306. The van der Waals surface area contributed by atoms with Crippen molar-refractivity contribution in [2.45, 2.75) is 13.5 Å². The van der Waals surface area contributed by atoms with E-state index in [1.54, 1.807) is 12.1 Å². The standard InChI is InChI=1S/C12H13ClN2O2/c1-7-12(14)9-5-8(13)3-4-10(9)15(7)6-11(16)17-2/h3-5H,6,14H2,1-2H3. The molecule has 0 atom stereocenters. The second-order valence-electron chi connectivity index (χ2n) is 3.82. The second-order valence-corrected chi connectivity index (χ2v) is 4.26. The van der Waals surface area contributed by atoms with Gasteiger partial charge in [-0.15, -0.1) is 0 Å². The van der Waals surface area contributed by atoms with E-state index in [0.29, 0.717) is 10.7 Å². The van der Waals surface area contributed by atoms with Crippen LogP contribution >= 0.6 is 11.6 Å². The van der Waals surface area contributed by atoms with Gasteiger partial charge in [-0.3, -0.25) is 4.79 Å². The first-order valence-corrected chi connectivity index (χ1v) is 5.53. The smallest absolute Gasteiger partial charge is 0.325 e. The van der Waals surface area contributed by atoms with Gasteiger partial charge < -0.3 is 15.0 Å². The van der Waals surface area contributed by atoms with E-state index in [1.807, 2.05) is 17.6 Å².